The molecule has 0 radical (unpaired) electrons. The molecule has 1 aromatic carbocycles. The van der Waals surface area contributed by atoms with Crippen LogP contribution in [0.3, 0.4) is 0 Å². The number of hydrogen-bond donors (Lipinski definition) is 3. The van der Waals surface area contributed by atoms with Gasteiger partial charge in [-0.3, -0.25) is 9.59 Å². The number of rotatable bonds is 7. The number of aromatic amines is 1. The van der Waals surface area contributed by atoms with Gasteiger partial charge in [-0.2, -0.15) is 0 Å². The number of nitrogens with one attached hydrogen (secondary N) is 2. The van der Waals surface area contributed by atoms with E-state index in [1.165, 1.54) is 13.2 Å². The highest BCUT2D eigenvalue weighted by Crippen LogP contribution is 2.28. The minimum absolute atomic E-state index is 0.0354. The van der Waals surface area contributed by atoms with Crippen molar-refractivity contribution in [1.82, 2.24) is 20.3 Å². The number of methoxy groups -OCH3 is 1. The average molecular weight is 468 g/mol. The second-order valence-corrected chi connectivity index (χ2v) is 6.49. The highest BCUT2D eigenvalue weighted by Gasteiger charge is 2.32. The van der Waals surface area contributed by atoms with Crippen molar-refractivity contribution < 1.29 is 36.9 Å². The minimum Gasteiger partial charge on any atom is -0.481 e. The number of amides is 1. The first-order chi connectivity index (χ1) is 15.6. The van der Waals surface area contributed by atoms with E-state index in [1.807, 2.05) is 0 Å². The Kier molecular flexibility index (Phi) is 6.92. The van der Waals surface area contributed by atoms with Gasteiger partial charge in [-0.05, 0) is 23.8 Å². The van der Waals surface area contributed by atoms with E-state index in [0.717, 1.165) is 12.1 Å². The summed E-state index contributed by atoms with van der Waals surface area (Å²) in [5, 5.41) is 11.9. The van der Waals surface area contributed by atoms with Crippen molar-refractivity contribution >= 4 is 5.91 Å². The molecule has 2 heterocycles. The number of pyridine rings is 1. The fourth-order valence-electron chi connectivity index (χ4n) is 2.76. The predicted octanol–water partition coefficient (Wildman–Crippen LogP) is 2.34. The first-order valence-electron chi connectivity index (χ1n) is 9.19. The molecule has 1 unspecified atom stereocenters. The van der Waals surface area contributed by atoms with Gasteiger partial charge < -0.3 is 24.9 Å². The third-order valence-electron chi connectivity index (χ3n) is 4.22. The normalized spacial score (nSPS) is 12.2. The molecule has 3 rings (SSSR count). The summed E-state index contributed by atoms with van der Waals surface area (Å²) in [7, 11) is 1.39. The number of hydrogen-bond acceptors (Lipinski definition) is 7. The third kappa shape index (κ3) is 6.04. The lowest BCUT2D eigenvalue weighted by Gasteiger charge is -2.18. The van der Waals surface area contributed by atoms with Gasteiger partial charge in [0.2, 0.25) is 5.88 Å². The average Bonchev–Trinajstić information content (AvgIpc) is 2.77. The van der Waals surface area contributed by atoms with Crippen LogP contribution in [0, 0.1) is 5.82 Å². The molecule has 0 aliphatic heterocycles. The fraction of sp³-hybridized carbons (Fsp3) is 0.200. The van der Waals surface area contributed by atoms with Gasteiger partial charge in [0.05, 0.1) is 19.8 Å². The van der Waals surface area contributed by atoms with Crippen LogP contribution in [0.25, 0.3) is 11.5 Å². The molecule has 174 valence electrons. The number of aliphatic hydroxyl groups is 1. The molecule has 1 atom stereocenters. The van der Waals surface area contributed by atoms with Crippen LogP contribution in [0.4, 0.5) is 17.6 Å². The van der Waals surface area contributed by atoms with E-state index in [0.29, 0.717) is 12.1 Å². The number of alkyl halides is 3. The zero-order chi connectivity index (χ0) is 24.2. The lowest BCUT2D eigenvalue weighted by atomic mass is 10.1. The largest absolute Gasteiger partial charge is 0.573 e. The van der Waals surface area contributed by atoms with Crippen LogP contribution in [0.5, 0.6) is 11.6 Å². The van der Waals surface area contributed by atoms with Gasteiger partial charge in [0.1, 0.15) is 11.4 Å². The van der Waals surface area contributed by atoms with Crippen LogP contribution in [-0.4, -0.2) is 46.0 Å². The van der Waals surface area contributed by atoms with Crippen LogP contribution in [0.1, 0.15) is 22.1 Å². The number of H-pyrrole nitrogens is 1. The molecule has 0 aliphatic rings. The van der Waals surface area contributed by atoms with Crippen LogP contribution in [-0.2, 0) is 0 Å². The summed E-state index contributed by atoms with van der Waals surface area (Å²) in [5.41, 5.74) is -0.844. The topological polar surface area (TPSA) is 126 Å². The highest BCUT2D eigenvalue weighted by molar-refractivity contribution is 5.92. The minimum atomic E-state index is -5.09. The SMILES string of the molecule is COc1cccc(-c2nc(C(=O)NC(CO)c3ccc(OC(F)(F)F)c(F)c3)cc(=O)[nH]2)n1. The van der Waals surface area contributed by atoms with E-state index in [9.17, 15) is 32.3 Å². The number of carbonyl (C=O) groups is 1. The second-order valence-electron chi connectivity index (χ2n) is 6.49. The van der Waals surface area contributed by atoms with E-state index in [-0.39, 0.29) is 28.7 Å². The smallest absolute Gasteiger partial charge is 0.481 e. The van der Waals surface area contributed by atoms with Crippen molar-refractivity contribution in [3.8, 4) is 23.1 Å². The third-order valence-corrected chi connectivity index (χ3v) is 4.22. The number of ether oxygens (including phenoxy) is 2. The maximum atomic E-state index is 14.0. The first-order valence-corrected chi connectivity index (χ1v) is 9.19. The van der Waals surface area contributed by atoms with Crippen molar-refractivity contribution in [3.05, 3.63) is 69.9 Å². The molecular formula is C20H16F4N4O5. The number of halogens is 4. The molecule has 2 aromatic heterocycles. The van der Waals surface area contributed by atoms with E-state index in [4.69, 9.17) is 4.74 Å². The van der Waals surface area contributed by atoms with E-state index < -0.39 is 42.0 Å². The summed E-state index contributed by atoms with van der Waals surface area (Å²) >= 11 is 0. The Morgan fingerprint density at radius 3 is 2.61 bits per heavy atom. The lowest BCUT2D eigenvalue weighted by molar-refractivity contribution is -0.275. The molecule has 3 N–H and O–H groups in total. The summed E-state index contributed by atoms with van der Waals surface area (Å²) in [6, 6.07) is 6.80. The number of carbonyl (C=O) groups excluding carboxylic acids is 1. The lowest BCUT2D eigenvalue weighted by Crippen LogP contribution is -2.32. The van der Waals surface area contributed by atoms with Crippen molar-refractivity contribution in [1.29, 1.82) is 0 Å². The number of aliphatic hydroxyl groups excluding tert-OH is 1. The van der Waals surface area contributed by atoms with Crippen molar-refractivity contribution in [3.63, 3.8) is 0 Å². The molecule has 0 bridgehead atoms. The quantitative estimate of drug-likeness (QED) is 0.455. The Bertz CT molecular complexity index is 1220. The first kappa shape index (κ1) is 23.7. The van der Waals surface area contributed by atoms with Crippen molar-refractivity contribution in [2.45, 2.75) is 12.4 Å². The molecule has 13 heteroatoms. The molecular weight excluding hydrogens is 452 g/mol. The van der Waals surface area contributed by atoms with E-state index >= 15 is 0 Å². The maximum absolute atomic E-state index is 14.0. The van der Waals surface area contributed by atoms with Crippen molar-refractivity contribution in [2.24, 2.45) is 0 Å². The summed E-state index contributed by atoms with van der Waals surface area (Å²) in [6.45, 7) is -0.724. The van der Waals surface area contributed by atoms with Gasteiger partial charge in [-0.15, -0.1) is 13.2 Å². The zero-order valence-electron chi connectivity index (χ0n) is 16.8. The monoisotopic (exact) mass is 468 g/mol. The molecule has 9 nitrogen and oxygen atoms in total. The maximum Gasteiger partial charge on any atom is 0.573 e. The Morgan fingerprint density at radius 2 is 1.97 bits per heavy atom. The van der Waals surface area contributed by atoms with Crippen LogP contribution < -0.4 is 20.3 Å². The number of nitrogens with zero attached hydrogens (tertiary/aromatic N) is 2. The van der Waals surface area contributed by atoms with Gasteiger partial charge in [-0.25, -0.2) is 14.4 Å². The molecule has 1 amide bonds. The van der Waals surface area contributed by atoms with E-state index in [2.05, 4.69) is 25.0 Å². The Hall–Kier alpha value is -4.00. The second kappa shape index (κ2) is 9.65. The van der Waals surface area contributed by atoms with Crippen LogP contribution >= 0.6 is 0 Å². The van der Waals surface area contributed by atoms with Crippen molar-refractivity contribution in [2.75, 3.05) is 13.7 Å². The predicted molar refractivity (Wildman–Crippen MR) is 105 cm³/mol. The fourth-order valence-corrected chi connectivity index (χ4v) is 2.76. The van der Waals surface area contributed by atoms with E-state index in [1.54, 1.807) is 12.1 Å². The summed E-state index contributed by atoms with van der Waals surface area (Å²) in [5.74, 6) is -3.11. The van der Waals surface area contributed by atoms with Crippen LogP contribution in [0.15, 0.2) is 47.3 Å². The Balaban J connectivity index is 1.84. The highest BCUT2D eigenvalue weighted by atomic mass is 19.4. The Labute approximate surface area is 183 Å². The molecule has 33 heavy (non-hydrogen) atoms. The number of aromatic nitrogens is 3. The molecule has 0 fully saturated rings. The number of benzene rings is 1. The summed E-state index contributed by atoms with van der Waals surface area (Å²) in [6.07, 6.45) is -5.09. The zero-order valence-corrected chi connectivity index (χ0v) is 16.8. The van der Waals surface area contributed by atoms with Crippen LogP contribution in [0.2, 0.25) is 0 Å². The van der Waals surface area contributed by atoms with Gasteiger partial charge in [0.15, 0.2) is 17.4 Å². The summed E-state index contributed by atoms with van der Waals surface area (Å²) < 4.78 is 59.5. The molecule has 0 saturated heterocycles. The van der Waals surface area contributed by atoms with Gasteiger partial charge >= 0.3 is 6.36 Å². The van der Waals surface area contributed by atoms with Gasteiger partial charge in [-0.1, -0.05) is 12.1 Å². The molecule has 0 aliphatic carbocycles. The standard InChI is InChI=1S/C20H16F4N4O5/c1-32-17-4-2-3-12(25-17)18-26-13(8-16(30)28-18)19(31)27-14(9-29)10-5-6-15(11(21)7-10)33-20(22,23)24/h2-8,14,29H,9H2,1H3,(H,27,31)(H,26,28,30). The summed E-state index contributed by atoms with van der Waals surface area (Å²) in [4.78, 5) is 35.2. The van der Waals surface area contributed by atoms with Gasteiger partial charge in [0, 0.05) is 12.1 Å². The molecule has 0 saturated carbocycles. The van der Waals surface area contributed by atoms with Gasteiger partial charge in [0.25, 0.3) is 11.5 Å². The molecule has 3 aromatic rings. The molecule has 0 spiro atoms. The Morgan fingerprint density at radius 1 is 1.21 bits per heavy atom.